The van der Waals surface area contributed by atoms with E-state index in [-0.39, 0.29) is 0 Å². The maximum Gasteiger partial charge on any atom is 0.161 e. The van der Waals surface area contributed by atoms with E-state index in [0.717, 1.165) is 5.56 Å². The lowest BCUT2D eigenvalue weighted by Gasteiger charge is -2.12. The fraction of sp³-hybridized carbons (Fsp3) is 0.250. The zero-order chi connectivity index (χ0) is 14.4. The summed E-state index contributed by atoms with van der Waals surface area (Å²) in [5, 5.41) is 0. The van der Waals surface area contributed by atoms with Crippen molar-refractivity contribution < 1.29 is 18.9 Å². The van der Waals surface area contributed by atoms with Gasteiger partial charge in [0.15, 0.2) is 23.0 Å². The van der Waals surface area contributed by atoms with Crippen molar-refractivity contribution in [1.82, 2.24) is 0 Å². The Balaban J connectivity index is 2.11. The van der Waals surface area contributed by atoms with Gasteiger partial charge in [-0.3, -0.25) is 0 Å². The summed E-state index contributed by atoms with van der Waals surface area (Å²) in [5.41, 5.74) is 0.994. The third kappa shape index (κ3) is 3.15. The molecule has 0 saturated carbocycles. The molecule has 0 unspecified atom stereocenters. The molecule has 2 aromatic carbocycles. The monoisotopic (exact) mass is 274 g/mol. The maximum absolute atomic E-state index is 5.77. The minimum atomic E-state index is 0.431. The molecule has 0 spiro atoms. The summed E-state index contributed by atoms with van der Waals surface area (Å²) in [6.07, 6.45) is 0. The molecule has 2 aromatic rings. The van der Waals surface area contributed by atoms with E-state index in [1.165, 1.54) is 0 Å². The van der Waals surface area contributed by atoms with Crippen molar-refractivity contribution in [3.63, 3.8) is 0 Å². The van der Waals surface area contributed by atoms with E-state index in [1.807, 2.05) is 42.5 Å². The first-order valence-electron chi connectivity index (χ1n) is 6.25. The molecule has 0 radical (unpaired) electrons. The Labute approximate surface area is 118 Å². The summed E-state index contributed by atoms with van der Waals surface area (Å²) in [6, 6.07) is 13.3. The van der Waals surface area contributed by atoms with Crippen LogP contribution in [0.25, 0.3) is 0 Å². The Hall–Kier alpha value is -2.36. The number of hydrogen-bond acceptors (Lipinski definition) is 4. The molecule has 0 fully saturated rings. The van der Waals surface area contributed by atoms with Gasteiger partial charge in [-0.05, 0) is 29.8 Å². The summed E-state index contributed by atoms with van der Waals surface area (Å²) in [6.45, 7) is 0.431. The fourth-order valence-corrected chi connectivity index (χ4v) is 1.87. The van der Waals surface area contributed by atoms with Crippen LogP contribution in [0.5, 0.6) is 23.0 Å². The topological polar surface area (TPSA) is 36.9 Å². The molecule has 20 heavy (non-hydrogen) atoms. The van der Waals surface area contributed by atoms with Gasteiger partial charge in [-0.25, -0.2) is 0 Å². The van der Waals surface area contributed by atoms with Crippen LogP contribution in [0.4, 0.5) is 0 Å². The molecule has 0 aliphatic heterocycles. The molecule has 0 aliphatic carbocycles. The SMILES string of the molecule is COc1ccc(COc2ccccc2OC)cc1OC. The molecule has 0 bridgehead atoms. The highest BCUT2D eigenvalue weighted by molar-refractivity contribution is 5.43. The third-order valence-electron chi connectivity index (χ3n) is 2.91. The standard InChI is InChI=1S/C16H18O4/c1-17-13-6-4-5-7-15(13)20-11-12-8-9-14(18-2)16(10-12)19-3/h4-10H,11H2,1-3H3. The van der Waals surface area contributed by atoms with E-state index in [0.29, 0.717) is 29.6 Å². The van der Waals surface area contributed by atoms with Crippen LogP contribution in [0.15, 0.2) is 42.5 Å². The second kappa shape index (κ2) is 6.70. The first kappa shape index (κ1) is 14.1. The van der Waals surface area contributed by atoms with E-state index in [2.05, 4.69) is 0 Å². The van der Waals surface area contributed by atoms with Gasteiger partial charge in [0.2, 0.25) is 0 Å². The maximum atomic E-state index is 5.77. The van der Waals surface area contributed by atoms with Gasteiger partial charge in [0.25, 0.3) is 0 Å². The smallest absolute Gasteiger partial charge is 0.161 e. The highest BCUT2D eigenvalue weighted by Crippen LogP contribution is 2.30. The van der Waals surface area contributed by atoms with Crippen molar-refractivity contribution in [1.29, 1.82) is 0 Å². The van der Waals surface area contributed by atoms with Gasteiger partial charge >= 0.3 is 0 Å². The van der Waals surface area contributed by atoms with Gasteiger partial charge in [0, 0.05) is 0 Å². The Morgan fingerprint density at radius 3 is 1.95 bits per heavy atom. The van der Waals surface area contributed by atoms with Crippen LogP contribution in [-0.4, -0.2) is 21.3 Å². The van der Waals surface area contributed by atoms with Crippen molar-refractivity contribution in [2.75, 3.05) is 21.3 Å². The summed E-state index contributed by atoms with van der Waals surface area (Å²) >= 11 is 0. The molecule has 0 aromatic heterocycles. The molecule has 0 amide bonds. The Morgan fingerprint density at radius 2 is 1.30 bits per heavy atom. The van der Waals surface area contributed by atoms with Crippen LogP contribution in [0, 0.1) is 0 Å². The third-order valence-corrected chi connectivity index (χ3v) is 2.91. The Kier molecular flexibility index (Phi) is 4.71. The summed E-state index contributed by atoms with van der Waals surface area (Å²) < 4.78 is 21.5. The zero-order valence-corrected chi connectivity index (χ0v) is 11.9. The van der Waals surface area contributed by atoms with Crippen LogP contribution >= 0.6 is 0 Å². The van der Waals surface area contributed by atoms with Crippen molar-refractivity contribution >= 4 is 0 Å². The van der Waals surface area contributed by atoms with Crippen LogP contribution in [0.2, 0.25) is 0 Å². The molecule has 106 valence electrons. The molecule has 0 saturated heterocycles. The Morgan fingerprint density at radius 1 is 0.700 bits per heavy atom. The van der Waals surface area contributed by atoms with E-state index in [4.69, 9.17) is 18.9 Å². The van der Waals surface area contributed by atoms with Gasteiger partial charge in [-0.2, -0.15) is 0 Å². The molecule has 0 N–H and O–H groups in total. The fourth-order valence-electron chi connectivity index (χ4n) is 1.87. The van der Waals surface area contributed by atoms with Crippen molar-refractivity contribution in [3.8, 4) is 23.0 Å². The van der Waals surface area contributed by atoms with E-state index in [9.17, 15) is 0 Å². The summed E-state index contributed by atoms with van der Waals surface area (Å²) in [5.74, 6) is 2.82. The van der Waals surface area contributed by atoms with Gasteiger partial charge in [0.05, 0.1) is 21.3 Å². The summed E-state index contributed by atoms with van der Waals surface area (Å²) in [7, 11) is 4.85. The predicted molar refractivity (Wildman–Crippen MR) is 76.9 cm³/mol. The molecule has 4 heteroatoms. The second-order valence-electron chi connectivity index (χ2n) is 4.13. The largest absolute Gasteiger partial charge is 0.493 e. The van der Waals surface area contributed by atoms with E-state index < -0.39 is 0 Å². The number of benzene rings is 2. The van der Waals surface area contributed by atoms with Crippen molar-refractivity contribution in [2.45, 2.75) is 6.61 Å². The quantitative estimate of drug-likeness (QED) is 0.810. The molecular formula is C16H18O4. The molecule has 2 rings (SSSR count). The number of para-hydroxylation sites is 2. The predicted octanol–water partition coefficient (Wildman–Crippen LogP) is 3.29. The molecule has 0 atom stereocenters. The average molecular weight is 274 g/mol. The van der Waals surface area contributed by atoms with Gasteiger partial charge in [-0.15, -0.1) is 0 Å². The van der Waals surface area contributed by atoms with Gasteiger partial charge in [-0.1, -0.05) is 18.2 Å². The first-order valence-corrected chi connectivity index (χ1v) is 6.25. The minimum absolute atomic E-state index is 0.431. The second-order valence-corrected chi connectivity index (χ2v) is 4.13. The molecule has 0 aliphatic rings. The first-order chi connectivity index (χ1) is 9.78. The number of methoxy groups -OCH3 is 3. The Bertz CT molecular complexity index is 566. The highest BCUT2D eigenvalue weighted by atomic mass is 16.5. The zero-order valence-electron chi connectivity index (χ0n) is 11.9. The molecule has 0 heterocycles. The summed E-state index contributed by atoms with van der Waals surface area (Å²) in [4.78, 5) is 0. The van der Waals surface area contributed by atoms with Crippen LogP contribution in [0.1, 0.15) is 5.56 Å². The van der Waals surface area contributed by atoms with E-state index in [1.54, 1.807) is 21.3 Å². The lowest BCUT2D eigenvalue weighted by atomic mass is 10.2. The minimum Gasteiger partial charge on any atom is -0.493 e. The number of hydrogen-bond donors (Lipinski definition) is 0. The molecular weight excluding hydrogens is 256 g/mol. The van der Waals surface area contributed by atoms with Crippen LogP contribution in [-0.2, 0) is 6.61 Å². The van der Waals surface area contributed by atoms with Crippen LogP contribution < -0.4 is 18.9 Å². The van der Waals surface area contributed by atoms with Crippen LogP contribution in [0.3, 0.4) is 0 Å². The lowest BCUT2D eigenvalue weighted by molar-refractivity contribution is 0.283. The molecule has 4 nitrogen and oxygen atoms in total. The number of rotatable bonds is 6. The van der Waals surface area contributed by atoms with Crippen molar-refractivity contribution in [3.05, 3.63) is 48.0 Å². The van der Waals surface area contributed by atoms with Crippen molar-refractivity contribution in [2.24, 2.45) is 0 Å². The van der Waals surface area contributed by atoms with Gasteiger partial charge in [0.1, 0.15) is 6.61 Å². The normalized spacial score (nSPS) is 9.95. The highest BCUT2D eigenvalue weighted by Gasteiger charge is 2.07. The lowest BCUT2D eigenvalue weighted by Crippen LogP contribution is -1.99. The van der Waals surface area contributed by atoms with Gasteiger partial charge < -0.3 is 18.9 Å². The van der Waals surface area contributed by atoms with E-state index >= 15 is 0 Å². The average Bonchev–Trinajstić information content (AvgIpc) is 2.52. The number of ether oxygens (including phenoxy) is 4.